The summed E-state index contributed by atoms with van der Waals surface area (Å²) in [6, 6.07) is 6.15. The van der Waals surface area contributed by atoms with Gasteiger partial charge in [0.1, 0.15) is 5.75 Å². The van der Waals surface area contributed by atoms with Crippen LogP contribution < -0.4 is 15.8 Å². The number of nitrogens with two attached hydrogens (primary N) is 1. The molecule has 110 valence electrons. The normalized spacial score (nSPS) is 21.3. The van der Waals surface area contributed by atoms with Crippen molar-refractivity contribution in [2.24, 2.45) is 5.73 Å². The van der Waals surface area contributed by atoms with Crippen molar-refractivity contribution in [3.05, 3.63) is 29.3 Å². The van der Waals surface area contributed by atoms with Gasteiger partial charge in [-0.15, -0.1) is 0 Å². The van der Waals surface area contributed by atoms with Crippen molar-refractivity contribution >= 4 is 5.91 Å². The molecule has 1 aromatic rings. The maximum absolute atomic E-state index is 11.6. The van der Waals surface area contributed by atoms with Crippen LogP contribution in [0.15, 0.2) is 18.2 Å². The SMILES string of the molecule is CCCNC1(CC(N)=O)CCCc2ccc(OC)cc21. The maximum atomic E-state index is 11.6. The van der Waals surface area contributed by atoms with Gasteiger partial charge in [-0.1, -0.05) is 13.0 Å². The van der Waals surface area contributed by atoms with E-state index in [1.165, 1.54) is 11.1 Å². The summed E-state index contributed by atoms with van der Waals surface area (Å²) in [5.74, 6) is 0.571. The van der Waals surface area contributed by atoms with E-state index in [-0.39, 0.29) is 11.4 Å². The molecule has 1 unspecified atom stereocenters. The van der Waals surface area contributed by atoms with Gasteiger partial charge in [0.15, 0.2) is 0 Å². The zero-order chi connectivity index (χ0) is 14.6. The van der Waals surface area contributed by atoms with E-state index < -0.39 is 0 Å². The highest BCUT2D eigenvalue weighted by molar-refractivity contribution is 5.75. The lowest BCUT2D eigenvalue weighted by Gasteiger charge is -2.39. The van der Waals surface area contributed by atoms with Crippen LogP contribution in [0.25, 0.3) is 0 Å². The van der Waals surface area contributed by atoms with Crippen molar-refractivity contribution < 1.29 is 9.53 Å². The Morgan fingerprint density at radius 1 is 1.50 bits per heavy atom. The first-order valence-corrected chi connectivity index (χ1v) is 7.32. The van der Waals surface area contributed by atoms with E-state index >= 15 is 0 Å². The molecule has 4 heteroatoms. The summed E-state index contributed by atoms with van der Waals surface area (Å²) in [5.41, 5.74) is 7.64. The fraction of sp³-hybridized carbons (Fsp3) is 0.562. The van der Waals surface area contributed by atoms with Gasteiger partial charge in [0.05, 0.1) is 12.6 Å². The molecule has 0 fully saturated rings. The van der Waals surface area contributed by atoms with Gasteiger partial charge in [0.2, 0.25) is 5.91 Å². The summed E-state index contributed by atoms with van der Waals surface area (Å²) in [5, 5.41) is 3.57. The van der Waals surface area contributed by atoms with Crippen LogP contribution in [-0.2, 0) is 16.8 Å². The van der Waals surface area contributed by atoms with Gasteiger partial charge in [-0.3, -0.25) is 4.79 Å². The molecule has 0 aromatic heterocycles. The smallest absolute Gasteiger partial charge is 0.219 e. The lowest BCUT2D eigenvalue weighted by Crippen LogP contribution is -2.48. The third-order valence-electron chi connectivity index (χ3n) is 4.07. The van der Waals surface area contributed by atoms with Crippen molar-refractivity contribution in [1.82, 2.24) is 5.32 Å². The molecule has 1 aromatic carbocycles. The molecular weight excluding hydrogens is 252 g/mol. The van der Waals surface area contributed by atoms with Gasteiger partial charge >= 0.3 is 0 Å². The van der Waals surface area contributed by atoms with Crippen LogP contribution in [0.1, 0.15) is 43.7 Å². The number of fused-ring (bicyclic) bond motifs is 1. The zero-order valence-corrected chi connectivity index (χ0v) is 12.4. The van der Waals surface area contributed by atoms with Crippen molar-refractivity contribution in [2.75, 3.05) is 13.7 Å². The number of nitrogens with one attached hydrogen (secondary N) is 1. The summed E-state index contributed by atoms with van der Waals surface area (Å²) >= 11 is 0. The van der Waals surface area contributed by atoms with Crippen LogP contribution in [0.2, 0.25) is 0 Å². The van der Waals surface area contributed by atoms with Crippen molar-refractivity contribution in [1.29, 1.82) is 0 Å². The average molecular weight is 276 g/mol. The van der Waals surface area contributed by atoms with Crippen molar-refractivity contribution in [2.45, 2.75) is 44.6 Å². The van der Waals surface area contributed by atoms with Gasteiger partial charge < -0.3 is 15.8 Å². The average Bonchev–Trinajstić information content (AvgIpc) is 2.44. The first-order valence-electron chi connectivity index (χ1n) is 7.32. The number of hydrogen-bond donors (Lipinski definition) is 2. The lowest BCUT2D eigenvalue weighted by molar-refractivity contribution is -0.119. The second-order valence-corrected chi connectivity index (χ2v) is 5.53. The number of benzene rings is 1. The van der Waals surface area contributed by atoms with Gasteiger partial charge in [0.25, 0.3) is 0 Å². The van der Waals surface area contributed by atoms with Crippen molar-refractivity contribution in [3.63, 3.8) is 0 Å². The van der Waals surface area contributed by atoms with Gasteiger partial charge in [-0.05, 0) is 55.5 Å². The number of carbonyl (C=O) groups is 1. The molecule has 0 spiro atoms. The number of hydrogen-bond acceptors (Lipinski definition) is 3. The molecular formula is C16H24N2O2. The third kappa shape index (κ3) is 2.96. The van der Waals surface area contributed by atoms with Gasteiger partial charge in [0, 0.05) is 6.42 Å². The first kappa shape index (κ1) is 14.9. The molecule has 0 heterocycles. The second kappa shape index (κ2) is 6.27. The second-order valence-electron chi connectivity index (χ2n) is 5.53. The van der Waals surface area contributed by atoms with Crippen molar-refractivity contribution in [3.8, 4) is 5.75 Å². The number of methoxy groups -OCH3 is 1. The van der Waals surface area contributed by atoms with Crippen LogP contribution in [-0.4, -0.2) is 19.6 Å². The Labute approximate surface area is 120 Å². The van der Waals surface area contributed by atoms with Gasteiger partial charge in [-0.25, -0.2) is 0 Å². The molecule has 20 heavy (non-hydrogen) atoms. The Morgan fingerprint density at radius 2 is 2.30 bits per heavy atom. The molecule has 2 rings (SSSR count). The molecule has 0 radical (unpaired) electrons. The van der Waals surface area contributed by atoms with Gasteiger partial charge in [-0.2, -0.15) is 0 Å². The highest BCUT2D eigenvalue weighted by Crippen LogP contribution is 2.39. The van der Waals surface area contributed by atoms with Crippen LogP contribution in [0.5, 0.6) is 5.75 Å². The monoisotopic (exact) mass is 276 g/mol. The fourth-order valence-corrected chi connectivity index (χ4v) is 3.15. The number of amides is 1. The Hall–Kier alpha value is -1.55. The Morgan fingerprint density at radius 3 is 2.95 bits per heavy atom. The predicted octanol–water partition coefficient (Wildman–Crippen LogP) is 2.10. The largest absolute Gasteiger partial charge is 0.497 e. The lowest BCUT2D eigenvalue weighted by atomic mass is 9.74. The standard InChI is InChI=1S/C16H24N2O2/c1-3-9-18-16(11-15(17)19)8-4-5-12-6-7-13(20-2)10-14(12)16/h6-7,10,18H,3-5,8-9,11H2,1-2H3,(H2,17,19). The van der Waals surface area contributed by atoms with E-state index in [9.17, 15) is 4.79 Å². The van der Waals surface area contributed by atoms with E-state index in [1.54, 1.807) is 7.11 Å². The molecule has 1 aliphatic rings. The Balaban J connectivity index is 2.44. The highest BCUT2D eigenvalue weighted by atomic mass is 16.5. The summed E-state index contributed by atoms with van der Waals surface area (Å²) < 4.78 is 5.34. The quantitative estimate of drug-likeness (QED) is 0.836. The molecule has 1 aliphatic carbocycles. The molecule has 1 amide bonds. The summed E-state index contributed by atoms with van der Waals surface area (Å²) in [4.78, 5) is 11.6. The summed E-state index contributed by atoms with van der Waals surface area (Å²) in [7, 11) is 1.67. The number of primary amides is 1. The van der Waals surface area contributed by atoms with E-state index in [0.717, 1.165) is 38.0 Å². The minimum Gasteiger partial charge on any atom is -0.497 e. The predicted molar refractivity (Wildman–Crippen MR) is 79.7 cm³/mol. The highest BCUT2D eigenvalue weighted by Gasteiger charge is 2.37. The topological polar surface area (TPSA) is 64.3 Å². The zero-order valence-electron chi connectivity index (χ0n) is 12.4. The first-order chi connectivity index (χ1) is 9.61. The number of aryl methyl sites for hydroxylation is 1. The van der Waals surface area contributed by atoms with Crippen LogP contribution >= 0.6 is 0 Å². The fourth-order valence-electron chi connectivity index (χ4n) is 3.15. The van der Waals surface area contributed by atoms with E-state index in [0.29, 0.717) is 6.42 Å². The van der Waals surface area contributed by atoms with E-state index in [4.69, 9.17) is 10.5 Å². The number of rotatable bonds is 6. The Bertz CT molecular complexity index is 487. The molecule has 0 aliphatic heterocycles. The van der Waals surface area contributed by atoms with Crippen LogP contribution in [0, 0.1) is 0 Å². The molecule has 0 bridgehead atoms. The number of ether oxygens (including phenoxy) is 1. The van der Waals surface area contributed by atoms with E-state index in [1.807, 2.05) is 6.07 Å². The number of carbonyl (C=O) groups excluding carboxylic acids is 1. The molecule has 4 nitrogen and oxygen atoms in total. The van der Waals surface area contributed by atoms with Crippen LogP contribution in [0.4, 0.5) is 0 Å². The summed E-state index contributed by atoms with van der Waals surface area (Å²) in [6.07, 6.45) is 4.43. The maximum Gasteiger partial charge on any atom is 0.219 e. The van der Waals surface area contributed by atoms with Crippen LogP contribution in [0.3, 0.4) is 0 Å². The minimum atomic E-state index is -0.329. The third-order valence-corrected chi connectivity index (χ3v) is 4.07. The molecule has 1 atom stereocenters. The Kier molecular flexibility index (Phi) is 4.65. The minimum absolute atomic E-state index is 0.260. The molecule has 3 N–H and O–H groups in total. The molecule has 0 saturated heterocycles. The summed E-state index contributed by atoms with van der Waals surface area (Å²) in [6.45, 7) is 3.00. The van der Waals surface area contributed by atoms with E-state index in [2.05, 4.69) is 24.4 Å². The molecule has 0 saturated carbocycles.